The third-order valence-electron chi connectivity index (χ3n) is 2.09. The van der Waals surface area contributed by atoms with Crippen molar-refractivity contribution in [2.24, 2.45) is 0 Å². The summed E-state index contributed by atoms with van der Waals surface area (Å²) in [5.41, 5.74) is 7.79. The summed E-state index contributed by atoms with van der Waals surface area (Å²) in [5.74, 6) is -0.341. The number of hydrogen-bond donors (Lipinski definition) is 1. The van der Waals surface area contributed by atoms with Crippen LogP contribution in [0.2, 0.25) is 0 Å². The van der Waals surface area contributed by atoms with E-state index in [9.17, 15) is 4.79 Å². The van der Waals surface area contributed by atoms with Gasteiger partial charge in [0.25, 0.3) is 0 Å². The second-order valence-corrected chi connectivity index (χ2v) is 4.12. The van der Waals surface area contributed by atoms with Gasteiger partial charge in [0, 0.05) is 14.1 Å². The molecule has 4 nitrogen and oxygen atoms in total. The molecular weight excluding hydrogens is 204 g/mol. The van der Waals surface area contributed by atoms with E-state index in [1.807, 2.05) is 38.9 Å². The van der Waals surface area contributed by atoms with Crippen molar-refractivity contribution in [3.05, 3.63) is 23.8 Å². The first-order chi connectivity index (χ1) is 7.41. The van der Waals surface area contributed by atoms with Crippen LogP contribution in [0.15, 0.2) is 18.2 Å². The van der Waals surface area contributed by atoms with Gasteiger partial charge in [-0.05, 0) is 32.0 Å². The van der Waals surface area contributed by atoms with Gasteiger partial charge in [-0.2, -0.15) is 0 Å². The summed E-state index contributed by atoms with van der Waals surface area (Å²) < 4.78 is 5.08. The van der Waals surface area contributed by atoms with Crippen molar-refractivity contribution in [3.63, 3.8) is 0 Å². The molecule has 4 heteroatoms. The van der Waals surface area contributed by atoms with Gasteiger partial charge in [0.05, 0.1) is 23.0 Å². The van der Waals surface area contributed by atoms with E-state index in [0.29, 0.717) is 11.3 Å². The highest BCUT2D eigenvalue weighted by molar-refractivity contribution is 5.92. The van der Waals surface area contributed by atoms with Gasteiger partial charge in [-0.1, -0.05) is 0 Å². The largest absolute Gasteiger partial charge is 0.459 e. The quantitative estimate of drug-likeness (QED) is 0.627. The van der Waals surface area contributed by atoms with E-state index >= 15 is 0 Å². The predicted molar refractivity (Wildman–Crippen MR) is 65.7 cm³/mol. The number of carbonyl (C=O) groups is 1. The molecule has 0 spiro atoms. The van der Waals surface area contributed by atoms with Crippen molar-refractivity contribution in [3.8, 4) is 0 Å². The number of nitrogens with zero attached hydrogens (tertiary/aromatic N) is 1. The highest BCUT2D eigenvalue weighted by Gasteiger charge is 2.11. The third-order valence-corrected chi connectivity index (χ3v) is 2.09. The molecular formula is C12H18N2O2. The lowest BCUT2D eigenvalue weighted by molar-refractivity contribution is 0.0378. The molecule has 0 aliphatic rings. The fourth-order valence-corrected chi connectivity index (χ4v) is 1.37. The van der Waals surface area contributed by atoms with Crippen LogP contribution in [-0.4, -0.2) is 26.2 Å². The highest BCUT2D eigenvalue weighted by atomic mass is 16.5. The van der Waals surface area contributed by atoms with Crippen LogP contribution >= 0.6 is 0 Å². The van der Waals surface area contributed by atoms with Gasteiger partial charge in [-0.3, -0.25) is 0 Å². The van der Waals surface area contributed by atoms with E-state index < -0.39 is 0 Å². The summed E-state index contributed by atoms with van der Waals surface area (Å²) in [6, 6.07) is 5.17. The molecule has 0 heterocycles. The zero-order valence-corrected chi connectivity index (χ0v) is 10.2. The standard InChI is InChI=1S/C12H18N2O2/c1-8(2)16-12(15)9-5-6-11(14(3)4)10(13)7-9/h5-8H,13H2,1-4H3. The molecule has 0 saturated heterocycles. The van der Waals surface area contributed by atoms with Gasteiger partial charge in [-0.15, -0.1) is 0 Å². The molecule has 0 saturated carbocycles. The highest BCUT2D eigenvalue weighted by Crippen LogP contribution is 2.22. The van der Waals surface area contributed by atoms with Crippen molar-refractivity contribution >= 4 is 17.3 Å². The van der Waals surface area contributed by atoms with E-state index in [1.54, 1.807) is 12.1 Å². The fraction of sp³-hybridized carbons (Fsp3) is 0.417. The van der Waals surface area contributed by atoms with Crippen molar-refractivity contribution in [1.82, 2.24) is 0 Å². The smallest absolute Gasteiger partial charge is 0.338 e. The second-order valence-electron chi connectivity index (χ2n) is 4.12. The van der Waals surface area contributed by atoms with Crippen LogP contribution in [0, 0.1) is 0 Å². The minimum Gasteiger partial charge on any atom is -0.459 e. The van der Waals surface area contributed by atoms with Crippen LogP contribution < -0.4 is 10.6 Å². The summed E-state index contributed by atoms with van der Waals surface area (Å²) in [6.45, 7) is 3.63. The normalized spacial score (nSPS) is 10.3. The van der Waals surface area contributed by atoms with Crippen LogP contribution in [0.1, 0.15) is 24.2 Å². The van der Waals surface area contributed by atoms with Gasteiger partial charge >= 0.3 is 5.97 Å². The molecule has 0 radical (unpaired) electrons. The maximum atomic E-state index is 11.6. The summed E-state index contributed by atoms with van der Waals surface area (Å²) in [5, 5.41) is 0. The number of carbonyl (C=O) groups excluding carboxylic acids is 1. The topological polar surface area (TPSA) is 55.6 Å². The van der Waals surface area contributed by atoms with E-state index in [-0.39, 0.29) is 12.1 Å². The van der Waals surface area contributed by atoms with E-state index in [1.165, 1.54) is 0 Å². The zero-order valence-electron chi connectivity index (χ0n) is 10.2. The third kappa shape index (κ3) is 2.89. The minimum absolute atomic E-state index is 0.123. The number of hydrogen-bond acceptors (Lipinski definition) is 4. The molecule has 0 atom stereocenters. The monoisotopic (exact) mass is 222 g/mol. The Kier molecular flexibility index (Phi) is 3.77. The molecule has 1 aromatic carbocycles. The Hall–Kier alpha value is -1.71. The fourth-order valence-electron chi connectivity index (χ4n) is 1.37. The van der Waals surface area contributed by atoms with Crippen molar-refractivity contribution < 1.29 is 9.53 Å². The average Bonchev–Trinajstić information content (AvgIpc) is 2.15. The number of rotatable bonds is 3. The summed E-state index contributed by atoms with van der Waals surface area (Å²) >= 11 is 0. The summed E-state index contributed by atoms with van der Waals surface area (Å²) in [6.07, 6.45) is -0.123. The number of esters is 1. The SMILES string of the molecule is CC(C)OC(=O)c1ccc(N(C)C)c(N)c1. The van der Waals surface area contributed by atoms with E-state index in [4.69, 9.17) is 10.5 Å². The predicted octanol–water partition coefficient (Wildman–Crippen LogP) is 1.90. The number of nitrogen functional groups attached to an aromatic ring is 1. The minimum atomic E-state index is -0.341. The number of benzene rings is 1. The molecule has 16 heavy (non-hydrogen) atoms. The molecule has 88 valence electrons. The van der Waals surface area contributed by atoms with Crippen LogP contribution in [0.25, 0.3) is 0 Å². The summed E-state index contributed by atoms with van der Waals surface area (Å²) in [4.78, 5) is 13.5. The Labute approximate surface area is 96.0 Å². The van der Waals surface area contributed by atoms with Crippen LogP contribution in [0.3, 0.4) is 0 Å². The van der Waals surface area contributed by atoms with Crippen molar-refractivity contribution in [2.75, 3.05) is 24.7 Å². The lowest BCUT2D eigenvalue weighted by atomic mass is 10.1. The Morgan fingerprint density at radius 3 is 2.44 bits per heavy atom. The van der Waals surface area contributed by atoms with Gasteiger partial charge in [0.1, 0.15) is 0 Å². The molecule has 0 aliphatic heterocycles. The van der Waals surface area contributed by atoms with E-state index in [0.717, 1.165) is 5.69 Å². The molecule has 0 aliphatic carbocycles. The maximum absolute atomic E-state index is 11.6. The maximum Gasteiger partial charge on any atom is 0.338 e. The Morgan fingerprint density at radius 2 is 2.00 bits per heavy atom. The van der Waals surface area contributed by atoms with Crippen LogP contribution in [0.4, 0.5) is 11.4 Å². The molecule has 0 aromatic heterocycles. The van der Waals surface area contributed by atoms with E-state index in [2.05, 4.69) is 0 Å². The van der Waals surface area contributed by atoms with Crippen LogP contribution in [0.5, 0.6) is 0 Å². The summed E-state index contributed by atoms with van der Waals surface area (Å²) in [7, 11) is 3.80. The Morgan fingerprint density at radius 1 is 1.38 bits per heavy atom. The van der Waals surface area contributed by atoms with Crippen LogP contribution in [-0.2, 0) is 4.74 Å². The Balaban J connectivity index is 2.93. The first-order valence-electron chi connectivity index (χ1n) is 5.19. The Bertz CT molecular complexity index is 387. The molecule has 0 amide bonds. The first-order valence-corrected chi connectivity index (χ1v) is 5.19. The molecule has 0 bridgehead atoms. The van der Waals surface area contributed by atoms with Crippen molar-refractivity contribution in [2.45, 2.75) is 20.0 Å². The molecule has 2 N–H and O–H groups in total. The average molecular weight is 222 g/mol. The molecule has 1 rings (SSSR count). The van der Waals surface area contributed by atoms with Gasteiger partial charge in [-0.25, -0.2) is 4.79 Å². The first kappa shape index (κ1) is 12.4. The van der Waals surface area contributed by atoms with Gasteiger partial charge in [0.2, 0.25) is 0 Å². The lowest BCUT2D eigenvalue weighted by Crippen LogP contribution is -2.14. The molecule has 0 fully saturated rings. The van der Waals surface area contributed by atoms with Gasteiger partial charge < -0.3 is 15.4 Å². The number of nitrogens with two attached hydrogens (primary N) is 1. The lowest BCUT2D eigenvalue weighted by Gasteiger charge is -2.16. The number of anilines is 2. The van der Waals surface area contributed by atoms with Gasteiger partial charge in [0.15, 0.2) is 0 Å². The van der Waals surface area contributed by atoms with Crippen molar-refractivity contribution in [1.29, 1.82) is 0 Å². The second kappa shape index (κ2) is 4.88. The molecule has 0 unspecified atom stereocenters. The molecule has 1 aromatic rings. The number of ether oxygens (including phenoxy) is 1. The zero-order chi connectivity index (χ0) is 12.3.